The minimum absolute atomic E-state index is 0. The van der Waals surface area contributed by atoms with Gasteiger partial charge in [0.05, 0.1) is 6.61 Å². The van der Waals surface area contributed by atoms with Crippen LogP contribution < -0.4 is 10.1 Å². The van der Waals surface area contributed by atoms with E-state index in [1.54, 1.807) is 0 Å². The first-order valence-corrected chi connectivity index (χ1v) is 6.33. The summed E-state index contributed by atoms with van der Waals surface area (Å²) in [5.41, 5.74) is 1.38. The van der Waals surface area contributed by atoms with Crippen molar-refractivity contribution in [3.05, 3.63) is 29.8 Å². The van der Waals surface area contributed by atoms with Gasteiger partial charge in [0.25, 0.3) is 0 Å². The van der Waals surface area contributed by atoms with Crippen LogP contribution in [0.15, 0.2) is 24.3 Å². The average Bonchev–Trinajstić information content (AvgIpc) is 2.31. The molecular weight excluding hydrogens is 234 g/mol. The highest BCUT2D eigenvalue weighted by molar-refractivity contribution is 5.85. The van der Waals surface area contributed by atoms with E-state index in [0.29, 0.717) is 6.04 Å². The van der Waals surface area contributed by atoms with Crippen LogP contribution in [0.4, 0.5) is 0 Å². The van der Waals surface area contributed by atoms with Crippen LogP contribution in [-0.4, -0.2) is 19.2 Å². The lowest BCUT2D eigenvalue weighted by molar-refractivity contribution is 0.339. The molecule has 1 fully saturated rings. The maximum Gasteiger partial charge on any atom is 0.119 e. The number of rotatable bonds is 4. The van der Waals surface area contributed by atoms with Crippen molar-refractivity contribution in [2.75, 3.05) is 13.2 Å². The van der Waals surface area contributed by atoms with Gasteiger partial charge in [0.2, 0.25) is 0 Å². The highest BCUT2D eigenvalue weighted by atomic mass is 35.5. The zero-order chi connectivity index (χ0) is 11.2. The standard InChI is InChI=1S/C14H21NO.ClH/c1-2-16-14-8-5-6-12(11-14)10-13-7-3-4-9-15-13;/h5-6,8,11,13,15H,2-4,7,9-10H2,1H3;1H/t13-;/m1./s1. The Balaban J connectivity index is 0.00000144. The average molecular weight is 256 g/mol. The normalized spacial score (nSPS) is 19.5. The SMILES string of the molecule is CCOc1cccc(C[C@H]2CCCCN2)c1.Cl. The maximum atomic E-state index is 5.52. The summed E-state index contributed by atoms with van der Waals surface area (Å²) >= 11 is 0. The summed E-state index contributed by atoms with van der Waals surface area (Å²) in [6, 6.07) is 9.13. The molecule has 1 N–H and O–H groups in total. The summed E-state index contributed by atoms with van der Waals surface area (Å²) in [6.45, 7) is 3.94. The molecule has 1 aromatic carbocycles. The van der Waals surface area contributed by atoms with Crippen LogP contribution in [0.3, 0.4) is 0 Å². The third kappa shape index (κ3) is 4.57. The van der Waals surface area contributed by atoms with E-state index in [0.717, 1.165) is 18.8 Å². The highest BCUT2D eigenvalue weighted by Crippen LogP contribution is 2.17. The zero-order valence-electron chi connectivity index (χ0n) is 10.4. The maximum absolute atomic E-state index is 5.52. The molecule has 0 saturated carbocycles. The Morgan fingerprint density at radius 2 is 2.24 bits per heavy atom. The fraction of sp³-hybridized carbons (Fsp3) is 0.571. The predicted octanol–water partition coefficient (Wildman–Crippen LogP) is 3.19. The molecule has 3 heteroatoms. The molecule has 1 saturated heterocycles. The summed E-state index contributed by atoms with van der Waals surface area (Å²) in [5, 5.41) is 3.58. The van der Waals surface area contributed by atoms with Crippen LogP contribution in [0.1, 0.15) is 31.7 Å². The van der Waals surface area contributed by atoms with E-state index in [1.165, 1.54) is 31.4 Å². The molecule has 96 valence electrons. The van der Waals surface area contributed by atoms with Crippen molar-refractivity contribution in [3.63, 3.8) is 0 Å². The van der Waals surface area contributed by atoms with Crippen LogP contribution in [0.2, 0.25) is 0 Å². The number of hydrogen-bond donors (Lipinski definition) is 1. The number of ether oxygens (including phenoxy) is 1. The topological polar surface area (TPSA) is 21.3 Å². The van der Waals surface area contributed by atoms with Gasteiger partial charge in [-0.05, 0) is 50.4 Å². The molecule has 0 spiro atoms. The first-order valence-electron chi connectivity index (χ1n) is 6.33. The molecule has 1 atom stereocenters. The van der Waals surface area contributed by atoms with Crippen molar-refractivity contribution in [2.45, 2.75) is 38.6 Å². The summed E-state index contributed by atoms with van der Waals surface area (Å²) in [4.78, 5) is 0. The minimum atomic E-state index is 0. The summed E-state index contributed by atoms with van der Waals surface area (Å²) in [7, 11) is 0. The highest BCUT2D eigenvalue weighted by Gasteiger charge is 2.12. The van der Waals surface area contributed by atoms with Gasteiger partial charge in [-0.2, -0.15) is 0 Å². The molecule has 1 aromatic rings. The van der Waals surface area contributed by atoms with Crippen LogP contribution in [0.25, 0.3) is 0 Å². The lowest BCUT2D eigenvalue weighted by atomic mass is 9.98. The van der Waals surface area contributed by atoms with Gasteiger partial charge in [-0.25, -0.2) is 0 Å². The molecule has 2 rings (SSSR count). The van der Waals surface area contributed by atoms with Gasteiger partial charge in [0.1, 0.15) is 5.75 Å². The molecule has 0 amide bonds. The number of benzene rings is 1. The number of hydrogen-bond acceptors (Lipinski definition) is 2. The van der Waals surface area contributed by atoms with E-state index in [9.17, 15) is 0 Å². The van der Waals surface area contributed by atoms with Crippen molar-refractivity contribution >= 4 is 12.4 Å². The second-order valence-electron chi connectivity index (χ2n) is 4.43. The zero-order valence-corrected chi connectivity index (χ0v) is 11.3. The summed E-state index contributed by atoms with van der Waals surface area (Å²) in [6.07, 6.45) is 5.12. The van der Waals surface area contributed by atoms with Gasteiger partial charge < -0.3 is 10.1 Å². The second kappa shape index (κ2) is 7.57. The molecule has 0 radical (unpaired) electrons. The largest absolute Gasteiger partial charge is 0.494 e. The molecule has 0 bridgehead atoms. The van der Waals surface area contributed by atoms with E-state index in [1.807, 2.05) is 13.0 Å². The monoisotopic (exact) mass is 255 g/mol. The van der Waals surface area contributed by atoms with Crippen molar-refractivity contribution < 1.29 is 4.74 Å². The molecule has 1 heterocycles. The van der Waals surface area contributed by atoms with Gasteiger partial charge in [-0.1, -0.05) is 18.6 Å². The van der Waals surface area contributed by atoms with Gasteiger partial charge in [-0.3, -0.25) is 0 Å². The quantitative estimate of drug-likeness (QED) is 0.892. The van der Waals surface area contributed by atoms with Crippen LogP contribution in [-0.2, 0) is 6.42 Å². The number of piperidine rings is 1. The third-order valence-corrected chi connectivity index (χ3v) is 3.10. The minimum Gasteiger partial charge on any atom is -0.494 e. The second-order valence-corrected chi connectivity index (χ2v) is 4.43. The molecular formula is C14H22ClNO. The van der Waals surface area contributed by atoms with E-state index in [-0.39, 0.29) is 12.4 Å². The Labute approximate surface area is 110 Å². The van der Waals surface area contributed by atoms with Gasteiger partial charge >= 0.3 is 0 Å². The Hall–Kier alpha value is -0.730. The Bertz CT molecular complexity index is 324. The van der Waals surface area contributed by atoms with Gasteiger partial charge in [-0.15, -0.1) is 12.4 Å². The van der Waals surface area contributed by atoms with Crippen molar-refractivity contribution in [1.29, 1.82) is 0 Å². The number of halogens is 1. The number of nitrogens with one attached hydrogen (secondary N) is 1. The van der Waals surface area contributed by atoms with Crippen molar-refractivity contribution in [3.8, 4) is 5.75 Å². The first-order chi connectivity index (χ1) is 7.88. The molecule has 2 nitrogen and oxygen atoms in total. The molecule has 1 aliphatic heterocycles. The fourth-order valence-corrected chi connectivity index (χ4v) is 2.31. The van der Waals surface area contributed by atoms with E-state index < -0.39 is 0 Å². The Morgan fingerprint density at radius 1 is 1.35 bits per heavy atom. The summed E-state index contributed by atoms with van der Waals surface area (Å²) in [5.74, 6) is 0.996. The van der Waals surface area contributed by atoms with E-state index in [4.69, 9.17) is 4.74 Å². The Kier molecular flexibility index (Phi) is 6.38. The van der Waals surface area contributed by atoms with Gasteiger partial charge in [0.15, 0.2) is 0 Å². The van der Waals surface area contributed by atoms with Crippen LogP contribution >= 0.6 is 12.4 Å². The lowest BCUT2D eigenvalue weighted by Crippen LogP contribution is -2.35. The fourth-order valence-electron chi connectivity index (χ4n) is 2.31. The lowest BCUT2D eigenvalue weighted by Gasteiger charge is -2.23. The first kappa shape index (κ1) is 14.3. The van der Waals surface area contributed by atoms with Crippen LogP contribution in [0, 0.1) is 0 Å². The summed E-state index contributed by atoms with van der Waals surface area (Å²) < 4.78 is 5.52. The molecule has 1 aliphatic rings. The predicted molar refractivity (Wildman–Crippen MR) is 74.2 cm³/mol. The molecule has 0 aromatic heterocycles. The van der Waals surface area contributed by atoms with E-state index in [2.05, 4.69) is 23.5 Å². The van der Waals surface area contributed by atoms with Crippen molar-refractivity contribution in [1.82, 2.24) is 5.32 Å². The molecule has 17 heavy (non-hydrogen) atoms. The third-order valence-electron chi connectivity index (χ3n) is 3.10. The molecule has 0 aliphatic carbocycles. The van der Waals surface area contributed by atoms with Crippen LogP contribution in [0.5, 0.6) is 5.75 Å². The smallest absolute Gasteiger partial charge is 0.119 e. The Morgan fingerprint density at radius 3 is 2.94 bits per heavy atom. The molecule has 0 unspecified atom stereocenters. The van der Waals surface area contributed by atoms with Crippen molar-refractivity contribution in [2.24, 2.45) is 0 Å². The van der Waals surface area contributed by atoms with Gasteiger partial charge in [0, 0.05) is 6.04 Å². The van der Waals surface area contributed by atoms with E-state index >= 15 is 0 Å².